The zero-order valence-corrected chi connectivity index (χ0v) is 22.3. The van der Waals surface area contributed by atoms with Gasteiger partial charge < -0.3 is 30.9 Å². The summed E-state index contributed by atoms with van der Waals surface area (Å²) in [5.41, 5.74) is 11.0. The largest absolute Gasteiger partial charge is 0.394 e. The van der Waals surface area contributed by atoms with E-state index in [0.717, 1.165) is 55.4 Å². The predicted molar refractivity (Wildman–Crippen MR) is 149 cm³/mol. The molecule has 4 N–H and O–H groups in total. The maximum Gasteiger partial charge on any atom is 0.270 e. The number of piperazine rings is 1. The topological polar surface area (TPSA) is 124 Å². The molecule has 200 valence electrons. The minimum absolute atomic E-state index is 0.125. The van der Waals surface area contributed by atoms with Crippen molar-refractivity contribution in [1.82, 2.24) is 25.2 Å². The van der Waals surface area contributed by atoms with E-state index in [4.69, 9.17) is 5.73 Å². The SMILES string of the molecule is CC(CO)NC(=O)c1cc(-c2ccc3c(c2)CN(c2cc(N4CCN(C)CC4)nc(N)n2)C(C)C3)ccn1. The molecule has 10 nitrogen and oxygen atoms in total. The van der Waals surface area contributed by atoms with Crippen LogP contribution in [0.4, 0.5) is 17.6 Å². The second kappa shape index (κ2) is 10.9. The van der Waals surface area contributed by atoms with Gasteiger partial charge in [-0.15, -0.1) is 0 Å². The molecule has 5 rings (SSSR count). The van der Waals surface area contributed by atoms with Gasteiger partial charge in [-0.05, 0) is 67.8 Å². The normalized spacial score (nSPS) is 18.7. The van der Waals surface area contributed by atoms with E-state index in [1.807, 2.05) is 6.07 Å². The van der Waals surface area contributed by atoms with Gasteiger partial charge in [-0.2, -0.15) is 9.97 Å². The molecule has 0 saturated carbocycles. The first kappa shape index (κ1) is 25.9. The van der Waals surface area contributed by atoms with E-state index in [0.29, 0.717) is 18.2 Å². The third-order valence-electron chi connectivity index (χ3n) is 7.41. The van der Waals surface area contributed by atoms with Gasteiger partial charge >= 0.3 is 0 Å². The van der Waals surface area contributed by atoms with Crippen molar-refractivity contribution in [2.75, 3.05) is 55.4 Å². The van der Waals surface area contributed by atoms with Gasteiger partial charge in [0.1, 0.15) is 17.3 Å². The van der Waals surface area contributed by atoms with E-state index in [-0.39, 0.29) is 24.6 Å². The summed E-state index contributed by atoms with van der Waals surface area (Å²) in [6, 6.07) is 12.1. The Morgan fingerprint density at radius 1 is 1.08 bits per heavy atom. The number of hydrogen-bond donors (Lipinski definition) is 3. The molecule has 1 fully saturated rings. The number of carbonyl (C=O) groups excluding carboxylic acids is 1. The molecule has 1 saturated heterocycles. The van der Waals surface area contributed by atoms with Crippen molar-refractivity contribution in [2.24, 2.45) is 0 Å². The maximum absolute atomic E-state index is 12.5. The van der Waals surface area contributed by atoms with Gasteiger partial charge in [0.2, 0.25) is 5.95 Å². The fourth-order valence-corrected chi connectivity index (χ4v) is 5.09. The standard InChI is InChI=1S/C28H36N8O2/c1-18(17-37)31-27(38)24-14-22(6-7-30-24)21-5-4-20-12-19(2)36(16-23(20)13-21)26-15-25(32-28(29)33-26)35-10-8-34(3)9-11-35/h4-7,13-15,18-19,37H,8-12,16-17H2,1-3H3,(H,31,38)(H2,29,32,33). The minimum Gasteiger partial charge on any atom is -0.394 e. The Morgan fingerprint density at radius 3 is 2.58 bits per heavy atom. The number of benzene rings is 1. The molecule has 10 heteroatoms. The summed E-state index contributed by atoms with van der Waals surface area (Å²) < 4.78 is 0. The molecular weight excluding hydrogens is 480 g/mol. The molecule has 2 aliphatic heterocycles. The van der Waals surface area contributed by atoms with Gasteiger partial charge in [0.25, 0.3) is 5.91 Å². The van der Waals surface area contributed by atoms with E-state index < -0.39 is 0 Å². The van der Waals surface area contributed by atoms with Crippen molar-refractivity contribution in [1.29, 1.82) is 0 Å². The van der Waals surface area contributed by atoms with Crippen molar-refractivity contribution < 1.29 is 9.90 Å². The second-order valence-corrected chi connectivity index (χ2v) is 10.4. The van der Waals surface area contributed by atoms with Crippen LogP contribution in [0.25, 0.3) is 11.1 Å². The van der Waals surface area contributed by atoms with E-state index in [1.165, 1.54) is 11.1 Å². The molecule has 2 aromatic heterocycles. The van der Waals surface area contributed by atoms with Gasteiger partial charge in [0, 0.05) is 57.1 Å². The molecule has 0 aliphatic carbocycles. The quantitative estimate of drug-likeness (QED) is 0.451. The van der Waals surface area contributed by atoms with E-state index in [9.17, 15) is 9.90 Å². The number of nitrogen functional groups attached to an aromatic ring is 1. The summed E-state index contributed by atoms with van der Waals surface area (Å²) >= 11 is 0. The van der Waals surface area contributed by atoms with Crippen LogP contribution in [-0.4, -0.2) is 82.8 Å². The molecule has 1 amide bonds. The lowest BCUT2D eigenvalue weighted by Gasteiger charge is -2.37. The lowest BCUT2D eigenvalue weighted by molar-refractivity contribution is 0.0917. The third-order valence-corrected chi connectivity index (χ3v) is 7.41. The van der Waals surface area contributed by atoms with Crippen molar-refractivity contribution >= 4 is 23.5 Å². The summed E-state index contributed by atoms with van der Waals surface area (Å²) in [5.74, 6) is 1.71. The molecule has 0 bridgehead atoms. The van der Waals surface area contributed by atoms with Crippen LogP contribution in [0.15, 0.2) is 42.6 Å². The Kier molecular flexibility index (Phi) is 7.44. The van der Waals surface area contributed by atoms with Crippen molar-refractivity contribution in [3.05, 3.63) is 59.4 Å². The lowest BCUT2D eigenvalue weighted by Crippen LogP contribution is -2.45. The summed E-state index contributed by atoms with van der Waals surface area (Å²) in [4.78, 5) is 32.8. The fraction of sp³-hybridized carbons (Fsp3) is 0.429. The number of pyridine rings is 1. The summed E-state index contributed by atoms with van der Waals surface area (Å²) in [6.45, 7) is 8.36. The first-order valence-corrected chi connectivity index (χ1v) is 13.2. The molecule has 2 unspecified atom stereocenters. The molecule has 2 atom stereocenters. The number of nitrogens with one attached hydrogen (secondary N) is 1. The zero-order chi connectivity index (χ0) is 26.8. The van der Waals surface area contributed by atoms with Crippen LogP contribution in [0.5, 0.6) is 0 Å². The van der Waals surface area contributed by atoms with E-state index in [2.05, 4.69) is 73.2 Å². The maximum atomic E-state index is 12.5. The van der Waals surface area contributed by atoms with E-state index >= 15 is 0 Å². The first-order chi connectivity index (χ1) is 18.3. The molecule has 38 heavy (non-hydrogen) atoms. The van der Waals surface area contributed by atoms with Gasteiger partial charge in [0.05, 0.1) is 6.61 Å². The van der Waals surface area contributed by atoms with Crippen LogP contribution < -0.4 is 20.9 Å². The second-order valence-electron chi connectivity index (χ2n) is 10.4. The summed E-state index contributed by atoms with van der Waals surface area (Å²) in [5, 5.41) is 12.0. The highest BCUT2D eigenvalue weighted by Gasteiger charge is 2.26. The predicted octanol–water partition coefficient (Wildman–Crippen LogP) is 1.93. The van der Waals surface area contributed by atoms with Gasteiger partial charge in [-0.25, -0.2) is 0 Å². The average molecular weight is 517 g/mol. The number of anilines is 3. The highest BCUT2D eigenvalue weighted by atomic mass is 16.3. The number of likely N-dealkylation sites (N-methyl/N-ethyl adjacent to an activating group) is 1. The number of rotatable bonds is 6. The Labute approximate surface area is 223 Å². The van der Waals surface area contributed by atoms with Crippen LogP contribution >= 0.6 is 0 Å². The zero-order valence-electron chi connectivity index (χ0n) is 22.3. The van der Waals surface area contributed by atoms with Crippen LogP contribution in [0.1, 0.15) is 35.5 Å². The number of carbonyl (C=O) groups is 1. The minimum atomic E-state index is -0.336. The molecule has 3 aromatic rings. The van der Waals surface area contributed by atoms with Crippen LogP contribution in [0.3, 0.4) is 0 Å². The van der Waals surface area contributed by atoms with E-state index in [1.54, 1.807) is 19.2 Å². The Balaban J connectivity index is 1.39. The Morgan fingerprint density at radius 2 is 1.82 bits per heavy atom. The fourth-order valence-electron chi connectivity index (χ4n) is 5.09. The van der Waals surface area contributed by atoms with Crippen molar-refractivity contribution in [3.8, 4) is 11.1 Å². The van der Waals surface area contributed by atoms with Crippen molar-refractivity contribution in [3.63, 3.8) is 0 Å². The molecule has 2 aliphatic rings. The Hall–Kier alpha value is -3.76. The van der Waals surface area contributed by atoms with Crippen molar-refractivity contribution in [2.45, 2.75) is 38.9 Å². The monoisotopic (exact) mass is 516 g/mol. The molecule has 1 aromatic carbocycles. The number of aliphatic hydroxyl groups excluding tert-OH is 1. The highest BCUT2D eigenvalue weighted by molar-refractivity contribution is 5.93. The van der Waals surface area contributed by atoms with Crippen LogP contribution in [-0.2, 0) is 13.0 Å². The van der Waals surface area contributed by atoms with Gasteiger partial charge in [-0.3, -0.25) is 9.78 Å². The number of aromatic nitrogens is 3. The smallest absolute Gasteiger partial charge is 0.270 e. The number of amides is 1. The van der Waals surface area contributed by atoms with Gasteiger partial charge in [-0.1, -0.05) is 12.1 Å². The number of hydrogen-bond acceptors (Lipinski definition) is 9. The molecular formula is C28H36N8O2. The molecule has 0 radical (unpaired) electrons. The molecule has 4 heterocycles. The van der Waals surface area contributed by atoms with Crippen LogP contribution in [0.2, 0.25) is 0 Å². The number of fused-ring (bicyclic) bond motifs is 1. The summed E-state index contributed by atoms with van der Waals surface area (Å²) in [6.07, 6.45) is 2.54. The average Bonchev–Trinajstić information content (AvgIpc) is 2.92. The first-order valence-electron chi connectivity index (χ1n) is 13.2. The number of aliphatic hydroxyl groups is 1. The lowest BCUT2D eigenvalue weighted by atomic mass is 9.91. The molecule has 0 spiro atoms. The highest BCUT2D eigenvalue weighted by Crippen LogP contribution is 2.32. The number of nitrogens with zero attached hydrogens (tertiary/aromatic N) is 6. The van der Waals surface area contributed by atoms with Crippen LogP contribution in [0, 0.1) is 0 Å². The number of nitrogens with two attached hydrogens (primary N) is 1. The third kappa shape index (κ3) is 5.56. The van der Waals surface area contributed by atoms with Gasteiger partial charge in [0.15, 0.2) is 0 Å². The summed E-state index contributed by atoms with van der Waals surface area (Å²) in [7, 11) is 2.14. The Bertz CT molecular complexity index is 1310.